The predicted octanol–water partition coefficient (Wildman–Crippen LogP) is -0.470. The number of ether oxygens (including phenoxy) is 2. The zero-order valence-corrected chi connectivity index (χ0v) is 40.2. The molecule has 0 aliphatic rings. The van der Waals surface area contributed by atoms with Crippen LogP contribution >= 0.6 is 32.0 Å². The molecule has 0 saturated heterocycles. The summed E-state index contributed by atoms with van der Waals surface area (Å²) in [6, 6.07) is 25.3. The van der Waals surface area contributed by atoms with E-state index in [1.807, 2.05) is 18.2 Å². The second kappa shape index (κ2) is 31.3. The summed E-state index contributed by atoms with van der Waals surface area (Å²) in [5, 5.41) is 0. The fraction of sp³-hybridized carbons (Fsp3) is 0.0588. The summed E-state index contributed by atoms with van der Waals surface area (Å²) in [7, 11) is 2.36. The van der Waals surface area contributed by atoms with E-state index in [-0.39, 0.29) is 79.4 Å². The molecule has 0 heterocycles. The van der Waals surface area contributed by atoms with Gasteiger partial charge in [-0.1, -0.05) is 66.7 Å². The van der Waals surface area contributed by atoms with Crippen molar-refractivity contribution in [3.05, 3.63) is 138 Å². The van der Waals surface area contributed by atoms with Crippen LogP contribution in [0, 0.1) is 0 Å². The van der Waals surface area contributed by atoms with Gasteiger partial charge in [-0.15, -0.1) is 0 Å². The number of carbonyl (C=O) groups excluding carboxylic acids is 4. The molecule has 302 valence electrons. The van der Waals surface area contributed by atoms with Gasteiger partial charge in [-0.25, -0.2) is 39.1 Å². The van der Waals surface area contributed by atoms with Gasteiger partial charge in [0.2, 0.25) is 9.23 Å². The van der Waals surface area contributed by atoms with Crippen molar-refractivity contribution >= 4 is 107 Å². The molecule has 0 atom stereocenters. The van der Waals surface area contributed by atoms with Gasteiger partial charge in [0, 0.05) is 55.3 Å². The van der Waals surface area contributed by atoms with Crippen LogP contribution in [0.4, 0.5) is 0 Å². The van der Waals surface area contributed by atoms with Gasteiger partial charge in [-0.2, -0.15) is 0 Å². The Balaban J connectivity index is -0.000000681. The number of carbonyl (C=O) groups is 4. The maximum absolute atomic E-state index is 11.0. The molecule has 4 aromatic carbocycles. The normalized spacial score (nSPS) is 10.5. The average molecular weight is 958 g/mol. The molecule has 0 aliphatic heterocycles. The smallest absolute Gasteiger partial charge is 0.744 e. The van der Waals surface area contributed by atoms with Gasteiger partial charge in [-0.05, 0) is 59.7 Å². The summed E-state index contributed by atoms with van der Waals surface area (Å²) < 4.78 is 103. The fourth-order valence-electron chi connectivity index (χ4n) is 3.28. The molecule has 0 aromatic heterocycles. The summed E-state index contributed by atoms with van der Waals surface area (Å²) in [5.74, 6) is -1.07. The standard InChI is InChI=1S/C10H9ClO4S.C10H10O5S.C7H6O4S.C7H6O.Cl2OS.2Na/c1-15-10(12)6-5-8-3-2-4-9(7-8)16(11,13)14;1-15-10(11)6-5-8-3-2-4-9(7-8)16(12,13)14;8-5-6-2-1-3-7(4-6)12(9,10)11;8-6-7-4-2-1-3-5-7;1-4(2)3;;/h2-7H,1H3;2-7H,1H3,(H,12,13,14);1-5H,(H,9,10,11);1-6H;;;/q;;;;;2*+1/p-2/b2*6-5+;;;;;. The Labute approximate surface area is 395 Å². The van der Waals surface area contributed by atoms with Crippen LogP contribution in [0.25, 0.3) is 12.2 Å². The maximum Gasteiger partial charge on any atom is 1.00 e. The van der Waals surface area contributed by atoms with Gasteiger partial charge in [0.15, 0.2) is 0 Å². The molecule has 0 fully saturated rings. The molecule has 58 heavy (non-hydrogen) atoms. The third-order valence-corrected chi connectivity index (χ3v) is 8.75. The molecule has 0 spiro atoms. The van der Waals surface area contributed by atoms with Crippen LogP contribution in [0.3, 0.4) is 0 Å². The molecular formula is C34H29Cl3Na2O15S4. The zero-order valence-electron chi connectivity index (χ0n) is 30.7. The molecule has 0 bridgehead atoms. The van der Waals surface area contributed by atoms with Crippen molar-refractivity contribution in [2.75, 3.05) is 14.2 Å². The van der Waals surface area contributed by atoms with Gasteiger partial charge in [0.25, 0.3) is 9.05 Å². The maximum atomic E-state index is 11.0. The van der Waals surface area contributed by atoms with E-state index in [1.54, 1.807) is 24.3 Å². The number of hydrogen-bond acceptors (Lipinski definition) is 15. The summed E-state index contributed by atoms with van der Waals surface area (Å²) in [4.78, 5) is 41.1. The predicted molar refractivity (Wildman–Crippen MR) is 207 cm³/mol. The van der Waals surface area contributed by atoms with Gasteiger partial charge >= 0.3 is 71.1 Å². The molecule has 15 nitrogen and oxygen atoms in total. The van der Waals surface area contributed by atoms with Gasteiger partial charge < -0.3 is 18.6 Å². The molecule has 4 aromatic rings. The number of rotatable bonds is 9. The van der Waals surface area contributed by atoms with Crippen molar-refractivity contribution in [2.45, 2.75) is 14.7 Å². The quantitative estimate of drug-likeness (QED) is 0.0514. The zero-order chi connectivity index (χ0) is 43.0. The van der Waals surface area contributed by atoms with Crippen molar-refractivity contribution in [1.82, 2.24) is 0 Å². The van der Waals surface area contributed by atoms with E-state index in [9.17, 15) is 53.5 Å². The van der Waals surface area contributed by atoms with E-state index in [0.717, 1.165) is 30.1 Å². The SMILES string of the molecule is COC(=O)/C=C/c1cccc(S(=O)(=O)Cl)c1.COC(=O)/C=C/c1cccc(S(=O)(=O)[O-])c1.O=Cc1cccc(S(=O)(=O)[O-])c1.O=Cc1ccccc1.O=S(Cl)Cl.[Na+].[Na+]. The van der Waals surface area contributed by atoms with Crippen molar-refractivity contribution in [2.24, 2.45) is 0 Å². The van der Waals surface area contributed by atoms with Crippen LogP contribution in [0.2, 0.25) is 0 Å². The summed E-state index contributed by atoms with van der Waals surface area (Å²) >= 11 is 0. The van der Waals surface area contributed by atoms with Crippen molar-refractivity contribution in [3.8, 4) is 0 Å². The van der Waals surface area contributed by atoms with E-state index in [1.165, 1.54) is 81.0 Å². The van der Waals surface area contributed by atoms with E-state index in [4.69, 9.17) is 14.9 Å². The minimum Gasteiger partial charge on any atom is -0.744 e. The monoisotopic (exact) mass is 956 g/mol. The molecule has 0 unspecified atom stereocenters. The fourth-order valence-corrected chi connectivity index (χ4v) is 5.14. The Hall–Kier alpha value is -2.57. The third-order valence-electron chi connectivity index (χ3n) is 5.73. The molecule has 0 amide bonds. The van der Waals surface area contributed by atoms with Crippen LogP contribution in [-0.2, 0) is 57.6 Å². The van der Waals surface area contributed by atoms with Crippen molar-refractivity contribution in [1.29, 1.82) is 0 Å². The first-order chi connectivity index (χ1) is 26.1. The largest absolute Gasteiger partial charge is 1.00 e. The first-order valence-corrected chi connectivity index (χ1v) is 22.4. The first-order valence-electron chi connectivity index (χ1n) is 14.5. The number of halogens is 3. The first kappa shape index (κ1) is 59.7. The minimum atomic E-state index is -4.47. The number of esters is 2. The summed E-state index contributed by atoms with van der Waals surface area (Å²) in [6.45, 7) is 0. The Morgan fingerprint density at radius 1 is 0.569 bits per heavy atom. The van der Waals surface area contributed by atoms with E-state index >= 15 is 0 Å². The molecule has 4 rings (SSSR count). The van der Waals surface area contributed by atoms with Gasteiger partial charge in [0.05, 0.1) is 28.9 Å². The molecule has 0 aliphatic carbocycles. The van der Waals surface area contributed by atoms with Crippen LogP contribution in [0.1, 0.15) is 31.8 Å². The molecule has 0 radical (unpaired) electrons. The van der Waals surface area contributed by atoms with Gasteiger partial charge in [-0.3, -0.25) is 9.59 Å². The van der Waals surface area contributed by atoms with Crippen LogP contribution in [-0.4, -0.2) is 77.3 Å². The number of aldehydes is 2. The van der Waals surface area contributed by atoms with E-state index in [0.29, 0.717) is 17.4 Å². The Kier molecular flexibility index (Phi) is 32.3. The van der Waals surface area contributed by atoms with Gasteiger partial charge in [0.1, 0.15) is 32.8 Å². The molecular weight excluding hydrogens is 929 g/mol. The topological polar surface area (TPSA) is 252 Å². The second-order valence-electron chi connectivity index (χ2n) is 9.61. The number of benzene rings is 4. The minimum absolute atomic E-state index is 0. The number of methoxy groups -OCH3 is 2. The van der Waals surface area contributed by atoms with Crippen LogP contribution < -0.4 is 59.1 Å². The average Bonchev–Trinajstić information content (AvgIpc) is 3.16. The Morgan fingerprint density at radius 3 is 1.19 bits per heavy atom. The summed E-state index contributed by atoms with van der Waals surface area (Å²) in [6.07, 6.45) is 6.45. The molecule has 0 saturated carbocycles. The molecule has 0 N–H and O–H groups in total. The van der Waals surface area contributed by atoms with Crippen molar-refractivity contribution in [3.63, 3.8) is 0 Å². The van der Waals surface area contributed by atoms with E-state index in [2.05, 4.69) is 30.8 Å². The Bertz CT molecular complexity index is 2240. The number of hydrogen-bond donors (Lipinski definition) is 0. The van der Waals surface area contributed by atoms with Crippen molar-refractivity contribution < 1.29 is 126 Å². The third kappa shape index (κ3) is 28.8. The van der Waals surface area contributed by atoms with Crippen LogP contribution in [0.5, 0.6) is 0 Å². The summed E-state index contributed by atoms with van der Waals surface area (Å²) in [5.41, 5.74) is 1.88. The Morgan fingerprint density at radius 2 is 0.879 bits per heavy atom. The van der Waals surface area contributed by atoms with E-state index < -0.39 is 50.5 Å². The second-order valence-corrected chi connectivity index (χ2v) is 17.5. The molecule has 24 heteroatoms. The van der Waals surface area contributed by atoms with Crippen LogP contribution in [0.15, 0.2) is 130 Å².